The second-order valence-electron chi connectivity index (χ2n) is 20.0. The number of fused-ring (bicyclic) bond motifs is 4. The van der Waals surface area contributed by atoms with E-state index in [9.17, 15) is 0 Å². The summed E-state index contributed by atoms with van der Waals surface area (Å²) in [6, 6.07) is 54.7. The Morgan fingerprint density at radius 3 is 1.96 bits per heavy atom. The van der Waals surface area contributed by atoms with Gasteiger partial charge in [0.05, 0.1) is 28.0 Å². The van der Waals surface area contributed by atoms with Crippen molar-refractivity contribution in [2.24, 2.45) is 5.92 Å². The van der Waals surface area contributed by atoms with Crippen molar-refractivity contribution >= 4 is 50.6 Å². The third-order valence-corrected chi connectivity index (χ3v) is 16.8. The molecular formula is C60H59GeIrN4O-. The van der Waals surface area contributed by atoms with Gasteiger partial charge in [0.1, 0.15) is 11.4 Å². The number of furan rings is 1. The molecule has 339 valence electrons. The van der Waals surface area contributed by atoms with Gasteiger partial charge >= 0.3 is 126 Å². The maximum absolute atomic E-state index is 6.71. The Hall–Kier alpha value is -5.92. The molecule has 0 spiro atoms. The van der Waals surface area contributed by atoms with Crippen molar-refractivity contribution in [3.63, 3.8) is 0 Å². The summed E-state index contributed by atoms with van der Waals surface area (Å²) in [5.74, 6) is 8.83. The van der Waals surface area contributed by atoms with Crippen LogP contribution in [0.4, 0.5) is 0 Å². The van der Waals surface area contributed by atoms with Crippen molar-refractivity contribution in [2.45, 2.75) is 77.6 Å². The first-order valence-corrected chi connectivity index (χ1v) is 30.5. The van der Waals surface area contributed by atoms with Crippen LogP contribution < -0.4 is 4.40 Å². The number of hydrogen-bond acceptors (Lipinski definition) is 4. The molecule has 0 N–H and O–H groups in total. The molecule has 0 amide bonds. The van der Waals surface area contributed by atoms with Crippen molar-refractivity contribution in [3.05, 3.63) is 186 Å². The summed E-state index contributed by atoms with van der Waals surface area (Å²) in [7, 11) is 0. The molecular weight excluding hydrogens is 1060 g/mol. The van der Waals surface area contributed by atoms with E-state index in [4.69, 9.17) is 14.4 Å². The molecule has 5 nitrogen and oxygen atoms in total. The zero-order valence-corrected chi connectivity index (χ0v) is 44.8. The van der Waals surface area contributed by atoms with E-state index in [-0.39, 0.29) is 25.5 Å². The van der Waals surface area contributed by atoms with Crippen LogP contribution in [0.5, 0.6) is 0 Å². The molecule has 0 atom stereocenters. The van der Waals surface area contributed by atoms with Crippen molar-refractivity contribution < 1.29 is 24.5 Å². The zero-order valence-electron chi connectivity index (χ0n) is 40.3. The maximum Gasteiger partial charge on any atom is 0.156 e. The van der Waals surface area contributed by atoms with E-state index in [1.54, 1.807) is 4.40 Å². The Morgan fingerprint density at radius 2 is 1.34 bits per heavy atom. The molecule has 0 saturated heterocycles. The number of aromatic nitrogens is 4. The van der Waals surface area contributed by atoms with E-state index in [0.29, 0.717) is 5.92 Å². The van der Waals surface area contributed by atoms with Crippen LogP contribution in [-0.4, -0.2) is 32.8 Å². The Kier molecular flexibility index (Phi) is 13.7. The van der Waals surface area contributed by atoms with Gasteiger partial charge in [0.25, 0.3) is 0 Å². The summed E-state index contributed by atoms with van der Waals surface area (Å²) in [6.07, 6.45) is 5.14. The first-order chi connectivity index (χ1) is 31.7. The maximum atomic E-state index is 6.71. The van der Waals surface area contributed by atoms with Crippen molar-refractivity contribution in [3.8, 4) is 50.6 Å². The molecule has 1 radical (unpaired) electrons. The van der Waals surface area contributed by atoms with E-state index >= 15 is 0 Å². The SMILES string of the molecule is CC(C)Cc1cc(-c2[c-]cccc2)nc[c]1[Ge]([CH3])([CH3])[CH3].Cc1nccc2c1oc1c(-c3nc4ccccc4n3-c3c(-c4ccccc4)cc(C(C)(C)C)cc3-c3ccccc3)ccc(C)c12.[Ir]. The van der Waals surface area contributed by atoms with Crippen LogP contribution in [-0.2, 0) is 31.9 Å². The minimum absolute atomic E-state index is 0. The standard InChI is InChI=1S/C42H35N3O.C18H24GeN.Ir/c1-26-20-21-32(40-37(26)31-22-23-43-27(2)39(31)46-40)41-44-35-18-12-13-19-36(35)45(41)38-33(28-14-8-6-9-15-28)24-30(42(3,4)5)25-34(38)29-16-10-7-11-17-29;1-14(2)11-16-12-18(15-9-7-6-8-10-15)20-13-17(16)19(3,4)5;/h6-25H,1-5H3;6-9,12-14H,11H2,1-5H3;/q;-1;. The van der Waals surface area contributed by atoms with Gasteiger partial charge in [-0.05, 0) is 77.9 Å². The second-order valence-corrected chi connectivity index (χ2v) is 30.6. The number of imidazole rings is 1. The molecule has 6 aromatic carbocycles. The molecule has 0 aliphatic heterocycles. The Labute approximate surface area is 412 Å². The van der Waals surface area contributed by atoms with Crippen LogP contribution >= 0.6 is 0 Å². The smallest absolute Gasteiger partial charge is 0.156 e. The molecule has 10 rings (SSSR count). The van der Waals surface area contributed by atoms with E-state index < -0.39 is 13.3 Å². The molecule has 0 saturated carbocycles. The first-order valence-electron chi connectivity index (χ1n) is 23.2. The van der Waals surface area contributed by atoms with Crippen LogP contribution in [0.3, 0.4) is 0 Å². The average molecular weight is 1120 g/mol. The van der Waals surface area contributed by atoms with Crippen LogP contribution in [0, 0.1) is 25.8 Å². The average Bonchev–Trinajstić information content (AvgIpc) is 3.90. The van der Waals surface area contributed by atoms with E-state index in [2.05, 4.69) is 208 Å². The number of rotatable bonds is 8. The van der Waals surface area contributed by atoms with Crippen LogP contribution in [0.2, 0.25) is 17.3 Å². The fraction of sp³-hybridized carbons (Fsp3) is 0.217. The van der Waals surface area contributed by atoms with Crippen LogP contribution in [0.1, 0.15) is 57.0 Å². The first kappa shape index (κ1) is 47.6. The third-order valence-electron chi connectivity index (χ3n) is 12.5. The predicted molar refractivity (Wildman–Crippen MR) is 281 cm³/mol. The van der Waals surface area contributed by atoms with Gasteiger partial charge in [-0.2, -0.15) is 0 Å². The molecule has 0 bridgehead atoms. The van der Waals surface area contributed by atoms with Gasteiger partial charge in [-0.15, -0.1) is 0 Å². The van der Waals surface area contributed by atoms with E-state index in [1.807, 2.05) is 31.3 Å². The van der Waals surface area contributed by atoms with Crippen LogP contribution in [0.25, 0.3) is 83.6 Å². The molecule has 0 unspecified atom stereocenters. The normalized spacial score (nSPS) is 11.8. The number of hydrogen-bond donors (Lipinski definition) is 0. The van der Waals surface area contributed by atoms with E-state index in [0.717, 1.165) is 101 Å². The third kappa shape index (κ3) is 9.63. The van der Waals surface area contributed by atoms with Crippen molar-refractivity contribution in [1.82, 2.24) is 19.5 Å². The number of para-hydroxylation sites is 2. The van der Waals surface area contributed by atoms with Crippen LogP contribution in [0.15, 0.2) is 162 Å². The summed E-state index contributed by atoms with van der Waals surface area (Å²) >= 11 is -1.86. The fourth-order valence-corrected chi connectivity index (χ4v) is 12.5. The van der Waals surface area contributed by atoms with Gasteiger partial charge in [0, 0.05) is 48.2 Å². The number of aryl methyl sites for hydroxylation is 2. The molecule has 0 aliphatic rings. The Bertz CT molecular complexity index is 3280. The van der Waals surface area contributed by atoms with Crippen molar-refractivity contribution in [1.29, 1.82) is 0 Å². The van der Waals surface area contributed by atoms with Crippen molar-refractivity contribution in [2.75, 3.05) is 0 Å². The number of nitrogens with zero attached hydrogens (tertiary/aromatic N) is 4. The van der Waals surface area contributed by atoms with Gasteiger partial charge < -0.3 is 4.42 Å². The summed E-state index contributed by atoms with van der Waals surface area (Å²) in [4.78, 5) is 14.6. The Morgan fingerprint density at radius 1 is 0.701 bits per heavy atom. The summed E-state index contributed by atoms with van der Waals surface area (Å²) in [6.45, 7) is 15.6. The van der Waals surface area contributed by atoms with Gasteiger partial charge in [-0.1, -0.05) is 99.6 Å². The molecule has 4 heterocycles. The number of pyridine rings is 2. The topological polar surface area (TPSA) is 56.7 Å². The number of benzene rings is 6. The molecule has 7 heteroatoms. The molecule has 67 heavy (non-hydrogen) atoms. The van der Waals surface area contributed by atoms with Gasteiger partial charge in [0.2, 0.25) is 0 Å². The minimum atomic E-state index is -1.86. The van der Waals surface area contributed by atoms with E-state index in [1.165, 1.54) is 11.1 Å². The zero-order chi connectivity index (χ0) is 46.3. The molecule has 0 fully saturated rings. The quantitative estimate of drug-likeness (QED) is 0.112. The second kappa shape index (κ2) is 19.4. The molecule has 4 aromatic heterocycles. The monoisotopic (exact) mass is 1120 g/mol. The summed E-state index contributed by atoms with van der Waals surface area (Å²) < 4.78 is 10.6. The molecule has 10 aromatic rings. The van der Waals surface area contributed by atoms with Gasteiger partial charge in [-0.25, -0.2) is 4.98 Å². The summed E-state index contributed by atoms with van der Waals surface area (Å²) in [5, 5.41) is 2.18. The Balaban J connectivity index is 0.000000244. The minimum Gasteiger partial charge on any atom is -0.453 e. The fourth-order valence-electron chi connectivity index (χ4n) is 9.18. The molecule has 0 aliphatic carbocycles. The van der Waals surface area contributed by atoms with Gasteiger partial charge in [-0.3, -0.25) is 9.55 Å². The van der Waals surface area contributed by atoms with Gasteiger partial charge in [0.15, 0.2) is 5.58 Å². The largest absolute Gasteiger partial charge is 0.453 e. The summed E-state index contributed by atoms with van der Waals surface area (Å²) in [5.41, 5.74) is 17.2. The predicted octanol–water partition coefficient (Wildman–Crippen LogP) is 15.5.